The Kier molecular flexibility index (Phi) is 4.14. The number of likely N-dealkylation sites (tertiary alicyclic amines) is 1. The summed E-state index contributed by atoms with van der Waals surface area (Å²) in [4.78, 5) is 12.0. The van der Waals surface area contributed by atoms with Crippen LogP contribution in [0.4, 0.5) is 26.3 Å². The van der Waals surface area contributed by atoms with Crippen LogP contribution in [0.1, 0.15) is 12.8 Å². The molecule has 1 atom stereocenters. The summed E-state index contributed by atoms with van der Waals surface area (Å²) >= 11 is 0. The molecule has 0 spiro atoms. The second-order valence-corrected chi connectivity index (χ2v) is 4.08. The van der Waals surface area contributed by atoms with Gasteiger partial charge in [-0.1, -0.05) is 0 Å². The molecule has 0 aromatic heterocycles. The smallest absolute Gasteiger partial charge is 0.338 e. The quantitative estimate of drug-likeness (QED) is 0.781. The summed E-state index contributed by atoms with van der Waals surface area (Å²) in [5, 5.41) is 0. The SMILES string of the molecule is NCC1CCCN1C(=O)C(C(F)(F)F)C(F)(F)F. The molecular weight excluding hydrogens is 266 g/mol. The lowest BCUT2D eigenvalue weighted by Crippen LogP contribution is -2.52. The van der Waals surface area contributed by atoms with Crippen LogP contribution in [0, 0.1) is 5.92 Å². The summed E-state index contributed by atoms with van der Waals surface area (Å²) in [6, 6.07) is -0.746. The Morgan fingerprint density at radius 3 is 2.11 bits per heavy atom. The zero-order valence-corrected chi connectivity index (χ0v) is 9.18. The van der Waals surface area contributed by atoms with Crippen LogP contribution in [-0.4, -0.2) is 42.3 Å². The topological polar surface area (TPSA) is 46.3 Å². The highest BCUT2D eigenvalue weighted by atomic mass is 19.4. The average Bonchev–Trinajstić information content (AvgIpc) is 2.59. The maximum absolute atomic E-state index is 12.4. The second-order valence-electron chi connectivity index (χ2n) is 4.08. The second kappa shape index (κ2) is 4.94. The van der Waals surface area contributed by atoms with Crippen LogP contribution in [0.15, 0.2) is 0 Å². The number of hydrogen-bond acceptors (Lipinski definition) is 2. The van der Waals surface area contributed by atoms with Crippen molar-refractivity contribution < 1.29 is 31.1 Å². The van der Waals surface area contributed by atoms with Crippen molar-refractivity contribution >= 4 is 5.91 Å². The molecule has 1 amide bonds. The van der Waals surface area contributed by atoms with Gasteiger partial charge in [0.25, 0.3) is 0 Å². The number of nitrogens with two attached hydrogens (primary N) is 1. The van der Waals surface area contributed by atoms with Crippen molar-refractivity contribution in [3.63, 3.8) is 0 Å². The molecule has 1 rings (SSSR count). The van der Waals surface area contributed by atoms with Gasteiger partial charge in [-0.05, 0) is 12.8 Å². The van der Waals surface area contributed by atoms with Crippen molar-refractivity contribution in [3.8, 4) is 0 Å². The Hall–Kier alpha value is -0.990. The number of nitrogens with zero attached hydrogens (tertiary/aromatic N) is 1. The third kappa shape index (κ3) is 3.06. The van der Waals surface area contributed by atoms with Crippen LogP contribution < -0.4 is 5.73 Å². The molecule has 18 heavy (non-hydrogen) atoms. The number of hydrogen-bond donors (Lipinski definition) is 1. The predicted octanol–water partition coefficient (Wildman–Crippen LogP) is 1.68. The van der Waals surface area contributed by atoms with E-state index in [0.29, 0.717) is 17.7 Å². The van der Waals surface area contributed by atoms with E-state index in [1.54, 1.807) is 0 Å². The van der Waals surface area contributed by atoms with Gasteiger partial charge >= 0.3 is 12.4 Å². The fourth-order valence-electron chi connectivity index (χ4n) is 2.00. The van der Waals surface area contributed by atoms with Gasteiger partial charge in [-0.2, -0.15) is 26.3 Å². The third-order valence-corrected chi connectivity index (χ3v) is 2.83. The highest BCUT2D eigenvalue weighted by Crippen LogP contribution is 2.41. The third-order valence-electron chi connectivity index (χ3n) is 2.83. The molecule has 2 N–H and O–H groups in total. The van der Waals surface area contributed by atoms with Gasteiger partial charge in [-0.15, -0.1) is 0 Å². The molecule has 0 saturated carbocycles. The molecule has 0 radical (unpaired) electrons. The Labute approximate surface area is 98.9 Å². The molecule has 1 fully saturated rings. The van der Waals surface area contributed by atoms with E-state index in [1.165, 1.54) is 0 Å². The van der Waals surface area contributed by atoms with Gasteiger partial charge in [0.1, 0.15) is 0 Å². The van der Waals surface area contributed by atoms with Crippen molar-refractivity contribution in [2.24, 2.45) is 11.7 Å². The Morgan fingerprint density at radius 1 is 1.22 bits per heavy atom. The zero-order valence-electron chi connectivity index (χ0n) is 9.18. The molecule has 1 heterocycles. The molecule has 1 aliphatic rings. The van der Waals surface area contributed by atoms with Crippen LogP contribution in [-0.2, 0) is 4.79 Å². The van der Waals surface area contributed by atoms with Crippen LogP contribution in [0.5, 0.6) is 0 Å². The standard InChI is InChI=1S/C9H12F6N2O/c10-8(11,12)6(9(13,14)15)7(18)17-3-1-2-5(17)4-16/h5-6H,1-4,16H2. The first-order valence-corrected chi connectivity index (χ1v) is 5.23. The van der Waals surface area contributed by atoms with Crippen molar-refractivity contribution in [3.05, 3.63) is 0 Å². The minimum atomic E-state index is -5.64. The molecule has 0 aromatic carbocycles. The number of alkyl halides is 6. The lowest BCUT2D eigenvalue weighted by Gasteiger charge is -2.30. The van der Waals surface area contributed by atoms with Gasteiger partial charge in [0.15, 0.2) is 0 Å². The fraction of sp³-hybridized carbons (Fsp3) is 0.889. The number of carbonyl (C=O) groups excluding carboxylic acids is 1. The maximum atomic E-state index is 12.4. The van der Waals surface area contributed by atoms with Gasteiger partial charge in [0.05, 0.1) is 0 Å². The van der Waals surface area contributed by atoms with E-state index in [-0.39, 0.29) is 13.1 Å². The lowest BCUT2D eigenvalue weighted by atomic mass is 10.1. The van der Waals surface area contributed by atoms with Crippen molar-refractivity contribution in [2.45, 2.75) is 31.2 Å². The first-order valence-electron chi connectivity index (χ1n) is 5.23. The summed E-state index contributed by atoms with van der Waals surface area (Å²) in [5.74, 6) is -5.92. The maximum Gasteiger partial charge on any atom is 0.409 e. The minimum Gasteiger partial charge on any atom is -0.338 e. The fourth-order valence-corrected chi connectivity index (χ4v) is 2.00. The zero-order chi connectivity index (χ0) is 14.1. The normalized spacial score (nSPS) is 21.8. The van der Waals surface area contributed by atoms with E-state index >= 15 is 0 Å². The predicted molar refractivity (Wildman–Crippen MR) is 49.4 cm³/mol. The molecule has 1 saturated heterocycles. The molecule has 3 nitrogen and oxygen atoms in total. The number of halogens is 6. The van der Waals surface area contributed by atoms with E-state index in [0.717, 1.165) is 0 Å². The summed E-state index contributed by atoms with van der Waals surface area (Å²) < 4.78 is 74.1. The largest absolute Gasteiger partial charge is 0.409 e. The van der Waals surface area contributed by atoms with E-state index in [4.69, 9.17) is 5.73 Å². The molecule has 0 aliphatic carbocycles. The Morgan fingerprint density at radius 2 is 1.72 bits per heavy atom. The van der Waals surface area contributed by atoms with Crippen LogP contribution in [0.2, 0.25) is 0 Å². The molecule has 9 heteroatoms. The van der Waals surface area contributed by atoms with Gasteiger partial charge in [-0.3, -0.25) is 4.79 Å². The number of rotatable bonds is 2. The van der Waals surface area contributed by atoms with E-state index in [1.807, 2.05) is 0 Å². The van der Waals surface area contributed by atoms with Gasteiger partial charge in [-0.25, -0.2) is 0 Å². The Balaban J connectivity index is 2.97. The van der Waals surface area contributed by atoms with Gasteiger partial charge in [0, 0.05) is 19.1 Å². The molecule has 0 bridgehead atoms. The minimum absolute atomic E-state index is 0.122. The first-order chi connectivity index (χ1) is 8.09. The number of amides is 1. The first kappa shape index (κ1) is 15.1. The molecule has 1 unspecified atom stereocenters. The summed E-state index contributed by atoms with van der Waals surface area (Å²) in [7, 11) is 0. The molecule has 0 aromatic rings. The highest BCUT2D eigenvalue weighted by molar-refractivity contribution is 5.81. The monoisotopic (exact) mass is 278 g/mol. The van der Waals surface area contributed by atoms with E-state index in [9.17, 15) is 31.1 Å². The molecule has 1 aliphatic heterocycles. The highest BCUT2D eigenvalue weighted by Gasteiger charge is 2.62. The van der Waals surface area contributed by atoms with Crippen molar-refractivity contribution in [1.82, 2.24) is 4.90 Å². The van der Waals surface area contributed by atoms with Crippen molar-refractivity contribution in [1.29, 1.82) is 0 Å². The van der Waals surface area contributed by atoms with Crippen LogP contribution >= 0.6 is 0 Å². The van der Waals surface area contributed by atoms with Crippen LogP contribution in [0.25, 0.3) is 0 Å². The van der Waals surface area contributed by atoms with Gasteiger partial charge in [0.2, 0.25) is 11.8 Å². The number of carbonyl (C=O) groups is 1. The van der Waals surface area contributed by atoms with E-state index < -0.39 is 30.2 Å². The summed E-state index contributed by atoms with van der Waals surface area (Å²) in [5.41, 5.74) is 5.22. The Bertz CT molecular complexity index is 299. The van der Waals surface area contributed by atoms with Gasteiger partial charge < -0.3 is 10.6 Å². The summed E-state index contributed by atoms with van der Waals surface area (Å²) in [6.45, 7) is -0.266. The molecular formula is C9H12F6N2O. The van der Waals surface area contributed by atoms with Crippen molar-refractivity contribution in [2.75, 3.05) is 13.1 Å². The average molecular weight is 278 g/mol. The lowest BCUT2D eigenvalue weighted by molar-refractivity contribution is -0.277. The molecule has 106 valence electrons. The summed E-state index contributed by atoms with van der Waals surface area (Å²) in [6.07, 6.45) is -10.6. The van der Waals surface area contributed by atoms with E-state index in [2.05, 4.69) is 0 Å². The van der Waals surface area contributed by atoms with Crippen LogP contribution in [0.3, 0.4) is 0 Å².